The molecule has 12 heavy (non-hydrogen) atoms. The maximum Gasteiger partial charge on any atom is 0.104 e. The Bertz CT molecular complexity index is 301. The van der Waals surface area contributed by atoms with Crippen molar-refractivity contribution in [2.75, 3.05) is 6.61 Å². The van der Waals surface area contributed by atoms with E-state index in [-0.39, 0.29) is 6.61 Å². The number of imidazole rings is 1. The van der Waals surface area contributed by atoms with Gasteiger partial charge in [0, 0.05) is 18.2 Å². The van der Waals surface area contributed by atoms with Crippen LogP contribution in [0.25, 0.3) is 10.4 Å². The third-order valence-corrected chi connectivity index (χ3v) is 1.43. The summed E-state index contributed by atoms with van der Waals surface area (Å²) in [6.07, 6.45) is 3.29. The summed E-state index contributed by atoms with van der Waals surface area (Å²) >= 11 is 0. The smallest absolute Gasteiger partial charge is 0.104 e. The Hall–Kier alpha value is -1.52. The Morgan fingerprint density at radius 3 is 3.08 bits per heavy atom. The molecular formula is C6H9N5O. The highest BCUT2D eigenvalue weighted by Gasteiger charge is 2.09. The van der Waals surface area contributed by atoms with Gasteiger partial charge in [-0.15, -0.1) is 0 Å². The minimum Gasteiger partial charge on any atom is -0.396 e. The summed E-state index contributed by atoms with van der Waals surface area (Å²) in [5.74, 6) is 0. The van der Waals surface area contributed by atoms with Gasteiger partial charge in [-0.1, -0.05) is 5.11 Å². The van der Waals surface area contributed by atoms with E-state index in [9.17, 15) is 0 Å². The molecule has 6 heteroatoms. The molecule has 0 bridgehead atoms. The molecule has 1 aromatic heterocycles. The van der Waals surface area contributed by atoms with Crippen LogP contribution in [0.3, 0.4) is 0 Å². The zero-order valence-corrected chi connectivity index (χ0v) is 6.62. The fourth-order valence-electron chi connectivity index (χ4n) is 0.857. The van der Waals surface area contributed by atoms with Crippen molar-refractivity contribution in [3.63, 3.8) is 0 Å². The van der Waals surface area contributed by atoms with Gasteiger partial charge in [0.15, 0.2) is 0 Å². The summed E-state index contributed by atoms with van der Waals surface area (Å²) in [5, 5.41) is 12.2. The van der Waals surface area contributed by atoms with Crippen LogP contribution in [-0.2, 0) is 7.05 Å². The Morgan fingerprint density at radius 2 is 2.67 bits per heavy atom. The van der Waals surface area contributed by atoms with Gasteiger partial charge < -0.3 is 9.67 Å². The lowest BCUT2D eigenvalue weighted by molar-refractivity contribution is 0.266. The third kappa shape index (κ3) is 1.75. The van der Waals surface area contributed by atoms with E-state index in [0.717, 1.165) is 0 Å². The molecule has 64 valence electrons. The summed E-state index contributed by atoms with van der Waals surface area (Å²) in [5.41, 5.74) is 8.73. The van der Waals surface area contributed by atoms with E-state index in [2.05, 4.69) is 15.0 Å². The maximum absolute atomic E-state index is 8.81. The fourth-order valence-corrected chi connectivity index (χ4v) is 0.857. The molecule has 0 spiro atoms. The molecule has 1 atom stereocenters. The van der Waals surface area contributed by atoms with E-state index in [1.54, 1.807) is 24.1 Å². The van der Waals surface area contributed by atoms with E-state index in [0.29, 0.717) is 5.69 Å². The van der Waals surface area contributed by atoms with Crippen LogP contribution in [0.5, 0.6) is 0 Å². The van der Waals surface area contributed by atoms with Gasteiger partial charge >= 0.3 is 0 Å². The average Bonchev–Trinajstić information content (AvgIpc) is 2.47. The minimum atomic E-state index is -0.573. The fraction of sp³-hybridized carbons (Fsp3) is 0.500. The number of rotatable bonds is 3. The minimum absolute atomic E-state index is 0.221. The van der Waals surface area contributed by atoms with Crippen LogP contribution in [-0.4, -0.2) is 21.3 Å². The molecule has 1 rings (SSSR count). The largest absolute Gasteiger partial charge is 0.396 e. The number of aromatic nitrogens is 2. The molecule has 0 aliphatic carbocycles. The predicted octanol–water partition coefficient (Wildman–Crippen LogP) is 0.764. The standard InChI is InChI=1S/C6H9N5O/c1-11-2-5(8-4-11)6(3-12)9-10-7/h2,4,6,12H,3H2,1H3. The van der Waals surface area contributed by atoms with Crippen molar-refractivity contribution < 1.29 is 5.11 Å². The molecule has 0 saturated heterocycles. The summed E-state index contributed by atoms with van der Waals surface area (Å²) in [6.45, 7) is -0.221. The van der Waals surface area contributed by atoms with E-state index in [1.165, 1.54) is 0 Å². The number of aryl methyl sites for hydroxylation is 1. The molecular weight excluding hydrogens is 158 g/mol. The van der Waals surface area contributed by atoms with Crippen molar-refractivity contribution in [3.05, 3.63) is 28.7 Å². The van der Waals surface area contributed by atoms with Crippen molar-refractivity contribution in [1.82, 2.24) is 9.55 Å². The molecule has 0 aromatic carbocycles. The lowest BCUT2D eigenvalue weighted by Gasteiger charge is -2.01. The van der Waals surface area contributed by atoms with Gasteiger partial charge in [-0.25, -0.2) is 4.98 Å². The number of hydrogen-bond acceptors (Lipinski definition) is 3. The molecule has 1 unspecified atom stereocenters. The van der Waals surface area contributed by atoms with Crippen LogP contribution >= 0.6 is 0 Å². The quantitative estimate of drug-likeness (QED) is 0.409. The molecule has 6 nitrogen and oxygen atoms in total. The number of azide groups is 1. The van der Waals surface area contributed by atoms with Gasteiger partial charge in [-0.2, -0.15) is 0 Å². The molecule has 0 saturated carbocycles. The molecule has 1 aromatic rings. The summed E-state index contributed by atoms with van der Waals surface area (Å²) < 4.78 is 1.73. The first kappa shape index (κ1) is 8.58. The van der Waals surface area contributed by atoms with Crippen LogP contribution in [0, 0.1) is 0 Å². The molecule has 0 aliphatic heterocycles. The Balaban J connectivity index is 2.86. The molecule has 1 N–H and O–H groups in total. The van der Waals surface area contributed by atoms with Crippen LogP contribution < -0.4 is 0 Å². The number of aliphatic hydroxyl groups excluding tert-OH is 1. The first-order chi connectivity index (χ1) is 5.77. The second-order valence-electron chi connectivity index (χ2n) is 2.37. The number of aliphatic hydroxyl groups is 1. The van der Waals surface area contributed by atoms with E-state index in [4.69, 9.17) is 10.6 Å². The third-order valence-electron chi connectivity index (χ3n) is 1.43. The number of hydrogen-bond donors (Lipinski definition) is 1. The van der Waals surface area contributed by atoms with Gasteiger partial charge in [0.1, 0.15) is 6.04 Å². The Morgan fingerprint density at radius 1 is 1.92 bits per heavy atom. The zero-order valence-electron chi connectivity index (χ0n) is 6.62. The van der Waals surface area contributed by atoms with Gasteiger partial charge in [0.05, 0.1) is 18.6 Å². The lowest BCUT2D eigenvalue weighted by Crippen LogP contribution is -1.99. The van der Waals surface area contributed by atoms with Crippen molar-refractivity contribution in [1.29, 1.82) is 0 Å². The SMILES string of the molecule is Cn1cnc(C(CO)N=[N+]=[N-])c1. The molecule has 0 fully saturated rings. The normalized spacial score (nSPS) is 12.2. The summed E-state index contributed by atoms with van der Waals surface area (Å²) in [4.78, 5) is 6.55. The van der Waals surface area contributed by atoms with E-state index in [1.807, 2.05) is 0 Å². The van der Waals surface area contributed by atoms with E-state index >= 15 is 0 Å². The number of nitrogens with zero attached hydrogens (tertiary/aromatic N) is 5. The second-order valence-corrected chi connectivity index (χ2v) is 2.37. The van der Waals surface area contributed by atoms with Crippen molar-refractivity contribution >= 4 is 0 Å². The van der Waals surface area contributed by atoms with Crippen molar-refractivity contribution in [3.8, 4) is 0 Å². The van der Waals surface area contributed by atoms with Crippen LogP contribution in [0.1, 0.15) is 11.7 Å². The first-order valence-corrected chi connectivity index (χ1v) is 3.41. The van der Waals surface area contributed by atoms with Crippen molar-refractivity contribution in [2.45, 2.75) is 6.04 Å². The zero-order chi connectivity index (χ0) is 8.97. The van der Waals surface area contributed by atoms with Crippen LogP contribution in [0.15, 0.2) is 17.6 Å². The monoisotopic (exact) mass is 167 g/mol. The highest BCUT2D eigenvalue weighted by molar-refractivity contribution is 5.03. The molecule has 0 aliphatic rings. The molecule has 1 heterocycles. The first-order valence-electron chi connectivity index (χ1n) is 3.41. The maximum atomic E-state index is 8.81. The molecule has 0 radical (unpaired) electrons. The van der Waals surface area contributed by atoms with Gasteiger partial charge in [0.25, 0.3) is 0 Å². The molecule has 0 amide bonds. The van der Waals surface area contributed by atoms with Gasteiger partial charge in [-0.05, 0) is 5.53 Å². The lowest BCUT2D eigenvalue weighted by atomic mass is 10.2. The Labute approximate surface area is 69.1 Å². The highest BCUT2D eigenvalue weighted by atomic mass is 16.3. The topological polar surface area (TPSA) is 86.8 Å². The van der Waals surface area contributed by atoms with Crippen LogP contribution in [0.2, 0.25) is 0 Å². The summed E-state index contributed by atoms with van der Waals surface area (Å²) in [6, 6.07) is -0.573. The van der Waals surface area contributed by atoms with E-state index < -0.39 is 6.04 Å². The van der Waals surface area contributed by atoms with Crippen LogP contribution in [0.4, 0.5) is 0 Å². The van der Waals surface area contributed by atoms with Gasteiger partial charge in [-0.3, -0.25) is 0 Å². The highest BCUT2D eigenvalue weighted by Crippen LogP contribution is 2.13. The average molecular weight is 167 g/mol. The Kier molecular flexibility index (Phi) is 2.68. The second kappa shape index (κ2) is 3.75. The summed E-state index contributed by atoms with van der Waals surface area (Å²) in [7, 11) is 1.81. The predicted molar refractivity (Wildman–Crippen MR) is 42.2 cm³/mol. The van der Waals surface area contributed by atoms with Crippen molar-refractivity contribution in [2.24, 2.45) is 12.2 Å². The van der Waals surface area contributed by atoms with Gasteiger partial charge in [0.2, 0.25) is 0 Å².